The van der Waals surface area contributed by atoms with Crippen molar-refractivity contribution >= 4 is 31.6 Å². The van der Waals surface area contributed by atoms with Gasteiger partial charge in [-0.25, -0.2) is 0 Å². The third-order valence-electron chi connectivity index (χ3n) is 1.26. The van der Waals surface area contributed by atoms with Crippen LogP contribution in [-0.2, 0) is 9.45 Å². The van der Waals surface area contributed by atoms with Gasteiger partial charge in [0.15, 0.2) is 0 Å². The van der Waals surface area contributed by atoms with Gasteiger partial charge < -0.3 is 9.76 Å². The van der Waals surface area contributed by atoms with E-state index in [0.717, 1.165) is 12.2 Å². The summed E-state index contributed by atoms with van der Waals surface area (Å²) in [6.07, 6.45) is 3.16. The fourth-order valence-corrected chi connectivity index (χ4v) is 1.12. The molecule has 0 fully saturated rings. The molecule has 0 saturated carbocycles. The first-order chi connectivity index (χ1) is 5.72. The van der Waals surface area contributed by atoms with Gasteiger partial charge in [-0.2, -0.15) is 11.8 Å². The standard InChI is InChI=1S/C6H11BNO3S/c1-12-3-2-5(6(9)10)7-11-4-8/h4-5,8H,2-3H2,1H3,(H,9,10)/t5-/m1/s1. The molecule has 1 atom stereocenters. The van der Waals surface area contributed by atoms with Gasteiger partial charge in [-0.15, -0.1) is 0 Å². The number of hydrogen-bond acceptors (Lipinski definition) is 4. The predicted octanol–water partition coefficient (Wildman–Crippen LogP) is 0.855. The van der Waals surface area contributed by atoms with Gasteiger partial charge >= 0.3 is 13.5 Å². The van der Waals surface area contributed by atoms with Gasteiger partial charge in [-0.3, -0.25) is 10.2 Å². The minimum absolute atomic E-state index is 0.532. The Morgan fingerprint density at radius 2 is 2.58 bits per heavy atom. The fraction of sp³-hybridized carbons (Fsp3) is 0.667. The van der Waals surface area contributed by atoms with E-state index in [-0.39, 0.29) is 0 Å². The molecule has 0 aromatic rings. The zero-order valence-corrected chi connectivity index (χ0v) is 7.63. The summed E-state index contributed by atoms with van der Waals surface area (Å²) in [5.74, 6) is -0.751. The van der Waals surface area contributed by atoms with Crippen LogP contribution in [-0.4, -0.2) is 37.0 Å². The number of aliphatic carboxylic acids is 1. The molecule has 0 rings (SSSR count). The van der Waals surface area contributed by atoms with E-state index in [1.165, 1.54) is 7.48 Å². The van der Waals surface area contributed by atoms with Crippen LogP contribution in [0.1, 0.15) is 6.42 Å². The van der Waals surface area contributed by atoms with Crippen LogP contribution in [0.4, 0.5) is 0 Å². The fourth-order valence-electron chi connectivity index (χ4n) is 0.629. The summed E-state index contributed by atoms with van der Waals surface area (Å²) in [4.78, 5) is 10.5. The average molecular weight is 188 g/mol. The number of carboxylic acid groups (broad SMARTS) is 1. The third-order valence-corrected chi connectivity index (χ3v) is 1.91. The molecule has 6 heteroatoms. The molecule has 0 bridgehead atoms. The normalized spacial score (nSPS) is 11.8. The molecule has 2 N–H and O–H groups in total. The van der Waals surface area contributed by atoms with Gasteiger partial charge in [0.05, 0.1) is 5.82 Å². The van der Waals surface area contributed by atoms with E-state index in [1.807, 2.05) is 6.26 Å². The van der Waals surface area contributed by atoms with Crippen molar-refractivity contribution in [2.45, 2.75) is 12.2 Å². The SMILES string of the molecule is CSCC[C@@H]([B]OC=N)C(=O)O. The highest BCUT2D eigenvalue weighted by Crippen LogP contribution is 2.12. The molecule has 0 spiro atoms. The predicted molar refractivity (Wildman–Crippen MR) is 50.0 cm³/mol. The van der Waals surface area contributed by atoms with Crippen molar-refractivity contribution in [2.24, 2.45) is 0 Å². The molecule has 1 radical (unpaired) electrons. The molecule has 0 aliphatic rings. The van der Waals surface area contributed by atoms with Crippen LogP contribution in [0.15, 0.2) is 0 Å². The van der Waals surface area contributed by atoms with Crippen molar-refractivity contribution in [3.05, 3.63) is 0 Å². The quantitative estimate of drug-likeness (QED) is 0.353. The Morgan fingerprint density at radius 1 is 1.92 bits per heavy atom. The Hall–Kier alpha value is -0.645. The lowest BCUT2D eigenvalue weighted by molar-refractivity contribution is -0.137. The van der Waals surface area contributed by atoms with Gasteiger partial charge in [0, 0.05) is 0 Å². The molecule has 0 aromatic carbocycles. The summed E-state index contributed by atoms with van der Waals surface area (Å²) in [7, 11) is 1.17. The molecule has 0 saturated heterocycles. The van der Waals surface area contributed by atoms with Crippen molar-refractivity contribution in [3.63, 3.8) is 0 Å². The van der Waals surface area contributed by atoms with E-state index >= 15 is 0 Å². The van der Waals surface area contributed by atoms with Crippen LogP contribution in [0.2, 0.25) is 5.82 Å². The lowest BCUT2D eigenvalue weighted by atomic mass is 9.78. The highest BCUT2D eigenvalue weighted by atomic mass is 32.2. The summed E-state index contributed by atoms with van der Waals surface area (Å²) < 4.78 is 4.48. The third kappa shape index (κ3) is 5.06. The summed E-state index contributed by atoms with van der Waals surface area (Å²) in [6, 6.07) is 0. The van der Waals surface area contributed by atoms with Crippen LogP contribution in [0.25, 0.3) is 0 Å². The average Bonchev–Trinajstić information content (AvgIpc) is 2.04. The van der Waals surface area contributed by atoms with Crippen molar-refractivity contribution < 1.29 is 14.6 Å². The molecular formula is C6H11BNO3S. The first-order valence-corrected chi connectivity index (χ1v) is 4.81. The van der Waals surface area contributed by atoms with Gasteiger partial charge in [0.25, 0.3) is 0 Å². The van der Waals surface area contributed by atoms with Crippen molar-refractivity contribution in [3.8, 4) is 0 Å². The van der Waals surface area contributed by atoms with Crippen molar-refractivity contribution in [2.75, 3.05) is 12.0 Å². The number of nitrogens with one attached hydrogen (secondary N) is 1. The summed E-state index contributed by atoms with van der Waals surface area (Å²) in [6.45, 7) is 0. The van der Waals surface area contributed by atoms with E-state index in [0.29, 0.717) is 6.42 Å². The Bertz CT molecular complexity index is 156. The molecule has 4 nitrogen and oxygen atoms in total. The molecule has 12 heavy (non-hydrogen) atoms. The van der Waals surface area contributed by atoms with Gasteiger partial charge in [0.2, 0.25) is 0 Å². The van der Waals surface area contributed by atoms with Gasteiger partial charge in [-0.05, 0) is 18.4 Å². The van der Waals surface area contributed by atoms with E-state index < -0.39 is 11.8 Å². The van der Waals surface area contributed by atoms with Crippen LogP contribution in [0.3, 0.4) is 0 Å². The van der Waals surface area contributed by atoms with Crippen LogP contribution >= 0.6 is 11.8 Å². The van der Waals surface area contributed by atoms with E-state index in [9.17, 15) is 4.79 Å². The summed E-state index contributed by atoms with van der Waals surface area (Å²) in [5, 5.41) is 15.2. The number of carbonyl (C=O) groups is 1. The second kappa shape index (κ2) is 7.03. The molecule has 0 heterocycles. The topological polar surface area (TPSA) is 70.4 Å². The van der Waals surface area contributed by atoms with E-state index in [1.54, 1.807) is 11.8 Å². The monoisotopic (exact) mass is 188 g/mol. The zero-order valence-electron chi connectivity index (χ0n) is 6.82. The molecule has 0 unspecified atom stereocenters. The molecule has 0 amide bonds. The Balaban J connectivity index is 3.69. The first kappa shape index (κ1) is 11.4. The highest BCUT2D eigenvalue weighted by Gasteiger charge is 2.20. The lowest BCUT2D eigenvalue weighted by Gasteiger charge is -2.07. The highest BCUT2D eigenvalue weighted by molar-refractivity contribution is 7.98. The number of hydrogen-bond donors (Lipinski definition) is 2. The number of rotatable bonds is 7. The summed E-state index contributed by atoms with van der Waals surface area (Å²) in [5.41, 5.74) is 0. The molecule has 0 aromatic heterocycles. The Morgan fingerprint density at radius 3 is 3.00 bits per heavy atom. The Kier molecular flexibility index (Phi) is 6.65. The largest absolute Gasteiger partial charge is 0.555 e. The smallest absolute Gasteiger partial charge is 0.386 e. The maximum Gasteiger partial charge on any atom is 0.386 e. The maximum atomic E-state index is 10.5. The lowest BCUT2D eigenvalue weighted by Crippen LogP contribution is -2.17. The van der Waals surface area contributed by atoms with E-state index in [2.05, 4.69) is 4.65 Å². The molecular weight excluding hydrogens is 177 g/mol. The second-order valence-corrected chi connectivity index (χ2v) is 3.10. The molecule has 67 valence electrons. The van der Waals surface area contributed by atoms with Gasteiger partial charge in [0.1, 0.15) is 6.40 Å². The second-order valence-electron chi connectivity index (χ2n) is 2.12. The first-order valence-electron chi connectivity index (χ1n) is 3.41. The Labute approximate surface area is 76.5 Å². The molecule has 0 aliphatic heterocycles. The molecule has 0 aliphatic carbocycles. The zero-order chi connectivity index (χ0) is 9.40. The maximum absolute atomic E-state index is 10.5. The van der Waals surface area contributed by atoms with Crippen LogP contribution in [0, 0.1) is 5.41 Å². The minimum Gasteiger partial charge on any atom is -0.555 e. The van der Waals surface area contributed by atoms with E-state index in [4.69, 9.17) is 10.5 Å². The van der Waals surface area contributed by atoms with Gasteiger partial charge in [-0.1, -0.05) is 0 Å². The number of carboxylic acids is 1. The minimum atomic E-state index is -0.911. The number of thioether (sulfide) groups is 1. The summed E-state index contributed by atoms with van der Waals surface area (Å²) >= 11 is 1.58. The van der Waals surface area contributed by atoms with Crippen molar-refractivity contribution in [1.82, 2.24) is 0 Å². The van der Waals surface area contributed by atoms with Crippen LogP contribution < -0.4 is 0 Å². The van der Waals surface area contributed by atoms with Crippen LogP contribution in [0.5, 0.6) is 0 Å². The van der Waals surface area contributed by atoms with Crippen molar-refractivity contribution in [1.29, 1.82) is 5.41 Å².